The summed E-state index contributed by atoms with van der Waals surface area (Å²) in [7, 11) is 1.00. The standard InChI is InChI=1S/C11H13ClN2O5S/c1-2-3-4-13-11(15)8-5-9(14(16)17)7-10(6-8)20(12,18)19/h5-7H,2-4H2,1H3,(H,13,15). The number of unbranched alkanes of at least 4 members (excludes halogenated alkanes) is 1. The lowest BCUT2D eigenvalue weighted by Gasteiger charge is -2.05. The molecule has 0 aliphatic rings. The number of rotatable bonds is 6. The minimum Gasteiger partial charge on any atom is -0.352 e. The molecule has 1 amide bonds. The molecule has 0 saturated carbocycles. The van der Waals surface area contributed by atoms with E-state index in [1.165, 1.54) is 0 Å². The van der Waals surface area contributed by atoms with E-state index in [4.69, 9.17) is 10.7 Å². The normalized spacial score (nSPS) is 11.1. The van der Waals surface area contributed by atoms with Crippen molar-refractivity contribution in [2.24, 2.45) is 0 Å². The van der Waals surface area contributed by atoms with Gasteiger partial charge in [0.25, 0.3) is 20.6 Å². The van der Waals surface area contributed by atoms with Crippen molar-refractivity contribution >= 4 is 31.3 Å². The Morgan fingerprint density at radius 3 is 2.55 bits per heavy atom. The molecular weight excluding hydrogens is 308 g/mol. The highest BCUT2D eigenvalue weighted by Crippen LogP contribution is 2.23. The molecular formula is C11H13ClN2O5S. The molecule has 9 heteroatoms. The molecule has 0 aliphatic heterocycles. The van der Waals surface area contributed by atoms with Gasteiger partial charge >= 0.3 is 0 Å². The summed E-state index contributed by atoms with van der Waals surface area (Å²) in [6, 6.07) is 2.83. The molecule has 0 fully saturated rings. The van der Waals surface area contributed by atoms with Crippen LogP contribution in [-0.4, -0.2) is 25.8 Å². The molecule has 20 heavy (non-hydrogen) atoms. The third kappa shape index (κ3) is 4.46. The topological polar surface area (TPSA) is 106 Å². The van der Waals surface area contributed by atoms with E-state index in [-0.39, 0.29) is 5.56 Å². The first-order valence-electron chi connectivity index (χ1n) is 5.78. The van der Waals surface area contributed by atoms with Gasteiger partial charge in [0, 0.05) is 34.9 Å². The number of benzene rings is 1. The summed E-state index contributed by atoms with van der Waals surface area (Å²) < 4.78 is 22.5. The van der Waals surface area contributed by atoms with Gasteiger partial charge in [-0.1, -0.05) is 13.3 Å². The van der Waals surface area contributed by atoms with E-state index in [0.29, 0.717) is 6.54 Å². The number of non-ortho nitro benzene ring substituents is 1. The van der Waals surface area contributed by atoms with Crippen LogP contribution in [-0.2, 0) is 9.05 Å². The Bertz CT molecular complexity index is 630. The summed E-state index contributed by atoms with van der Waals surface area (Å²) in [4.78, 5) is 21.3. The Balaban J connectivity index is 3.16. The first kappa shape index (κ1) is 16.4. The molecule has 0 saturated heterocycles. The van der Waals surface area contributed by atoms with E-state index < -0.39 is 30.5 Å². The second-order valence-corrected chi connectivity index (χ2v) is 6.59. The molecule has 7 nitrogen and oxygen atoms in total. The van der Waals surface area contributed by atoms with E-state index in [9.17, 15) is 23.3 Å². The molecule has 0 spiro atoms. The Morgan fingerprint density at radius 2 is 2.05 bits per heavy atom. The minimum atomic E-state index is -4.15. The average Bonchev–Trinajstić information content (AvgIpc) is 2.37. The second kappa shape index (κ2) is 6.67. The third-order valence-corrected chi connectivity index (χ3v) is 3.80. The summed E-state index contributed by atoms with van der Waals surface area (Å²) in [5.41, 5.74) is -0.623. The van der Waals surface area contributed by atoms with Gasteiger partial charge in [-0.05, 0) is 12.5 Å². The quantitative estimate of drug-likeness (QED) is 0.373. The summed E-state index contributed by atoms with van der Waals surface area (Å²) in [6.45, 7) is 2.35. The van der Waals surface area contributed by atoms with Crippen molar-refractivity contribution in [3.63, 3.8) is 0 Å². The minimum absolute atomic E-state index is 0.116. The van der Waals surface area contributed by atoms with Crippen molar-refractivity contribution in [1.82, 2.24) is 5.32 Å². The highest BCUT2D eigenvalue weighted by Gasteiger charge is 2.20. The molecule has 0 atom stereocenters. The van der Waals surface area contributed by atoms with E-state index >= 15 is 0 Å². The monoisotopic (exact) mass is 320 g/mol. The van der Waals surface area contributed by atoms with Crippen LogP contribution in [0.4, 0.5) is 5.69 Å². The van der Waals surface area contributed by atoms with Gasteiger partial charge in [0.2, 0.25) is 0 Å². The molecule has 0 bridgehead atoms. The summed E-state index contributed by atoms with van der Waals surface area (Å²) in [6.07, 6.45) is 1.62. The van der Waals surface area contributed by atoms with Crippen molar-refractivity contribution in [1.29, 1.82) is 0 Å². The lowest BCUT2D eigenvalue weighted by molar-refractivity contribution is -0.385. The lowest BCUT2D eigenvalue weighted by Crippen LogP contribution is -2.24. The number of amides is 1. The summed E-state index contributed by atoms with van der Waals surface area (Å²) in [5, 5.41) is 13.3. The Hall–Kier alpha value is -1.67. The maximum atomic E-state index is 11.8. The van der Waals surface area contributed by atoms with Gasteiger partial charge in [-0.15, -0.1) is 0 Å². The van der Waals surface area contributed by atoms with Crippen LogP contribution < -0.4 is 5.32 Å². The van der Waals surface area contributed by atoms with E-state index in [0.717, 1.165) is 31.0 Å². The molecule has 1 N–H and O–H groups in total. The first-order chi connectivity index (χ1) is 9.25. The predicted molar refractivity (Wildman–Crippen MR) is 73.4 cm³/mol. The van der Waals surface area contributed by atoms with Crippen LogP contribution in [0.15, 0.2) is 23.1 Å². The van der Waals surface area contributed by atoms with Crippen molar-refractivity contribution in [3.8, 4) is 0 Å². The largest absolute Gasteiger partial charge is 0.352 e. The smallest absolute Gasteiger partial charge is 0.271 e. The summed E-state index contributed by atoms with van der Waals surface area (Å²) in [5.74, 6) is -0.580. The van der Waals surface area contributed by atoms with Gasteiger partial charge in [-0.3, -0.25) is 14.9 Å². The maximum absolute atomic E-state index is 11.8. The molecule has 110 valence electrons. The summed E-state index contributed by atoms with van der Waals surface area (Å²) >= 11 is 0. The van der Waals surface area contributed by atoms with Gasteiger partial charge in [-0.25, -0.2) is 8.42 Å². The fourth-order valence-corrected chi connectivity index (χ4v) is 2.24. The van der Waals surface area contributed by atoms with Crippen LogP contribution in [0.25, 0.3) is 0 Å². The fourth-order valence-electron chi connectivity index (χ4n) is 1.44. The van der Waals surface area contributed by atoms with Gasteiger partial charge < -0.3 is 5.32 Å². The molecule has 0 aliphatic carbocycles. The molecule has 0 heterocycles. The van der Waals surface area contributed by atoms with Crippen molar-refractivity contribution < 1.29 is 18.1 Å². The maximum Gasteiger partial charge on any atom is 0.271 e. The van der Waals surface area contributed by atoms with E-state index in [2.05, 4.69) is 5.32 Å². The molecule has 0 radical (unpaired) electrons. The SMILES string of the molecule is CCCCNC(=O)c1cc([N+](=O)[O-])cc(S(=O)(=O)Cl)c1. The van der Waals surface area contributed by atoms with Crippen molar-refractivity contribution in [2.45, 2.75) is 24.7 Å². The number of nitrogens with one attached hydrogen (secondary N) is 1. The molecule has 1 aromatic carbocycles. The highest BCUT2D eigenvalue weighted by molar-refractivity contribution is 8.13. The number of carbonyl (C=O) groups is 1. The average molecular weight is 321 g/mol. The molecule has 0 aromatic heterocycles. The number of nitro groups is 1. The van der Waals surface area contributed by atoms with Gasteiger partial charge in [0.1, 0.15) is 0 Å². The zero-order valence-corrected chi connectivity index (χ0v) is 12.2. The molecule has 1 aromatic rings. The predicted octanol–water partition coefficient (Wildman–Crippen LogP) is 2.05. The Labute approximate surface area is 120 Å². The second-order valence-electron chi connectivity index (χ2n) is 4.02. The van der Waals surface area contributed by atoms with Gasteiger partial charge in [-0.2, -0.15) is 0 Å². The number of nitro benzene ring substituents is 1. The van der Waals surface area contributed by atoms with Crippen LogP contribution in [0.1, 0.15) is 30.1 Å². The number of halogens is 1. The van der Waals surface area contributed by atoms with Gasteiger partial charge in [0.05, 0.1) is 9.82 Å². The molecule has 1 rings (SSSR count). The van der Waals surface area contributed by atoms with Crippen LogP contribution in [0.5, 0.6) is 0 Å². The first-order valence-corrected chi connectivity index (χ1v) is 8.09. The van der Waals surface area contributed by atoms with Crippen molar-refractivity contribution in [2.75, 3.05) is 6.54 Å². The highest BCUT2D eigenvalue weighted by atomic mass is 35.7. The van der Waals surface area contributed by atoms with E-state index in [1.54, 1.807) is 0 Å². The zero-order chi connectivity index (χ0) is 15.3. The van der Waals surface area contributed by atoms with Crippen molar-refractivity contribution in [3.05, 3.63) is 33.9 Å². The molecule has 0 unspecified atom stereocenters. The van der Waals surface area contributed by atoms with Crippen LogP contribution in [0, 0.1) is 10.1 Å². The van der Waals surface area contributed by atoms with E-state index in [1.807, 2.05) is 6.92 Å². The third-order valence-electron chi connectivity index (χ3n) is 2.46. The zero-order valence-electron chi connectivity index (χ0n) is 10.6. The van der Waals surface area contributed by atoms with Gasteiger partial charge in [0.15, 0.2) is 0 Å². The van der Waals surface area contributed by atoms with Crippen LogP contribution in [0.3, 0.4) is 0 Å². The fraction of sp³-hybridized carbons (Fsp3) is 0.364. The number of carbonyl (C=O) groups excluding carboxylic acids is 1. The van der Waals surface area contributed by atoms with Crippen LogP contribution in [0.2, 0.25) is 0 Å². The van der Waals surface area contributed by atoms with Crippen LogP contribution >= 0.6 is 10.7 Å². The number of hydrogen-bond donors (Lipinski definition) is 1. The Kier molecular flexibility index (Phi) is 5.46. The number of nitrogens with zero attached hydrogens (tertiary/aromatic N) is 1. The Morgan fingerprint density at radius 1 is 1.40 bits per heavy atom. The lowest BCUT2D eigenvalue weighted by atomic mass is 10.2. The number of hydrogen-bond acceptors (Lipinski definition) is 5.